The molecule has 0 heterocycles. The molecule has 0 aliphatic rings. The lowest BCUT2D eigenvalue weighted by Gasteiger charge is -1.90. The summed E-state index contributed by atoms with van der Waals surface area (Å²) in [5.74, 6) is 0.944. The van der Waals surface area contributed by atoms with Crippen LogP contribution in [0.5, 0.6) is 0 Å². The molecule has 0 rings (SSSR count). The van der Waals surface area contributed by atoms with Crippen LogP contribution in [0.15, 0.2) is 0 Å². The van der Waals surface area contributed by atoms with Gasteiger partial charge in [0.15, 0.2) is 0 Å². The standard InChI is InChI=1S/C3H9N.C2H6S/c1-4(2)3;1-2-3/h1-3H3;3H,2H2,1H3. The summed E-state index contributed by atoms with van der Waals surface area (Å²) in [4.78, 5) is 2.00. The molecule has 0 spiro atoms. The maximum absolute atomic E-state index is 3.79. The predicted molar refractivity (Wildman–Crippen MR) is 39.1 cm³/mol. The van der Waals surface area contributed by atoms with Crippen molar-refractivity contribution in [2.75, 3.05) is 26.9 Å². The molecular weight excluding hydrogens is 106 g/mol. The van der Waals surface area contributed by atoms with Crippen molar-refractivity contribution in [2.45, 2.75) is 6.92 Å². The molecule has 0 aromatic heterocycles. The van der Waals surface area contributed by atoms with Crippen LogP contribution in [0.2, 0.25) is 0 Å². The van der Waals surface area contributed by atoms with Crippen molar-refractivity contribution in [2.24, 2.45) is 0 Å². The van der Waals surface area contributed by atoms with Crippen LogP contribution >= 0.6 is 12.6 Å². The Morgan fingerprint density at radius 2 is 1.29 bits per heavy atom. The Kier molecular flexibility index (Phi) is 14.1. The Bertz CT molecular complexity index is 19.3. The van der Waals surface area contributed by atoms with Gasteiger partial charge in [-0.15, -0.1) is 0 Å². The van der Waals surface area contributed by atoms with Gasteiger partial charge in [-0.1, -0.05) is 6.92 Å². The van der Waals surface area contributed by atoms with Gasteiger partial charge in [-0.05, 0) is 26.9 Å². The summed E-state index contributed by atoms with van der Waals surface area (Å²) in [5.41, 5.74) is 0. The fraction of sp³-hybridized carbons (Fsp3) is 1.00. The lowest BCUT2D eigenvalue weighted by atomic mass is 11.0. The van der Waals surface area contributed by atoms with E-state index in [1.165, 1.54) is 0 Å². The third-order valence-corrected chi connectivity index (χ3v) is 0. The Labute approximate surface area is 52.1 Å². The van der Waals surface area contributed by atoms with Crippen LogP contribution in [-0.2, 0) is 0 Å². The highest BCUT2D eigenvalue weighted by Gasteiger charge is 1.58. The van der Waals surface area contributed by atoms with Gasteiger partial charge in [0.2, 0.25) is 0 Å². The van der Waals surface area contributed by atoms with Gasteiger partial charge < -0.3 is 4.90 Å². The van der Waals surface area contributed by atoms with Gasteiger partial charge in [0.1, 0.15) is 0 Å². The van der Waals surface area contributed by atoms with Crippen LogP contribution in [0.4, 0.5) is 0 Å². The summed E-state index contributed by atoms with van der Waals surface area (Å²) in [6, 6.07) is 0. The van der Waals surface area contributed by atoms with Gasteiger partial charge in [-0.2, -0.15) is 12.6 Å². The average Bonchev–Trinajstić information content (AvgIpc) is 1.33. The summed E-state index contributed by atoms with van der Waals surface area (Å²) in [7, 11) is 6.00. The number of thiol groups is 1. The third kappa shape index (κ3) is 1220. The zero-order chi connectivity index (χ0) is 6.28. The van der Waals surface area contributed by atoms with Crippen molar-refractivity contribution in [1.82, 2.24) is 4.90 Å². The van der Waals surface area contributed by atoms with Gasteiger partial charge in [0.05, 0.1) is 0 Å². The summed E-state index contributed by atoms with van der Waals surface area (Å²) in [5, 5.41) is 0. The van der Waals surface area contributed by atoms with E-state index in [4.69, 9.17) is 0 Å². The first kappa shape index (κ1) is 10.3. The second-order valence-corrected chi connectivity index (χ2v) is 2.29. The van der Waals surface area contributed by atoms with E-state index in [9.17, 15) is 0 Å². The molecule has 0 atom stereocenters. The normalized spacial score (nSPS) is 7.71. The van der Waals surface area contributed by atoms with Crippen molar-refractivity contribution in [3.05, 3.63) is 0 Å². The molecule has 7 heavy (non-hydrogen) atoms. The maximum Gasteiger partial charge on any atom is -0.0126 e. The molecule has 0 bridgehead atoms. The Morgan fingerprint density at radius 1 is 1.29 bits per heavy atom. The molecule has 46 valence electrons. The van der Waals surface area contributed by atoms with Crippen molar-refractivity contribution in [1.29, 1.82) is 0 Å². The third-order valence-electron chi connectivity index (χ3n) is 0. The van der Waals surface area contributed by atoms with E-state index < -0.39 is 0 Å². The molecule has 0 aromatic rings. The van der Waals surface area contributed by atoms with Crippen LogP contribution in [-0.4, -0.2) is 31.8 Å². The number of hydrogen-bond donors (Lipinski definition) is 1. The lowest BCUT2D eigenvalue weighted by Crippen LogP contribution is -1.99. The monoisotopic (exact) mass is 121 g/mol. The Morgan fingerprint density at radius 3 is 1.29 bits per heavy atom. The van der Waals surface area contributed by atoms with Crippen LogP contribution in [0.3, 0.4) is 0 Å². The average molecular weight is 121 g/mol. The van der Waals surface area contributed by atoms with E-state index >= 15 is 0 Å². The molecule has 0 N–H and O–H groups in total. The van der Waals surface area contributed by atoms with E-state index in [1.54, 1.807) is 0 Å². The molecule has 0 amide bonds. The minimum atomic E-state index is 0.944. The van der Waals surface area contributed by atoms with Gasteiger partial charge >= 0.3 is 0 Å². The molecule has 2 heteroatoms. The smallest absolute Gasteiger partial charge is 0.0126 e. The number of hydrogen-bond acceptors (Lipinski definition) is 2. The van der Waals surface area contributed by atoms with Gasteiger partial charge in [0.25, 0.3) is 0 Å². The Hall–Kier alpha value is 0.310. The summed E-state index contributed by atoms with van der Waals surface area (Å²) in [6.07, 6.45) is 0. The molecule has 0 aliphatic carbocycles. The molecule has 0 radical (unpaired) electrons. The minimum Gasteiger partial charge on any atom is -0.312 e. The molecule has 0 unspecified atom stereocenters. The maximum atomic E-state index is 3.79. The summed E-state index contributed by atoms with van der Waals surface area (Å²) in [6.45, 7) is 1.99. The second kappa shape index (κ2) is 9.58. The van der Waals surface area contributed by atoms with Gasteiger partial charge in [-0.25, -0.2) is 0 Å². The van der Waals surface area contributed by atoms with E-state index in [1.807, 2.05) is 33.0 Å². The Balaban J connectivity index is 0. The van der Waals surface area contributed by atoms with Crippen molar-refractivity contribution in [3.8, 4) is 0 Å². The topological polar surface area (TPSA) is 3.24 Å². The van der Waals surface area contributed by atoms with Crippen molar-refractivity contribution < 1.29 is 0 Å². The predicted octanol–water partition coefficient (Wildman–Crippen LogP) is 1.11. The zero-order valence-corrected chi connectivity index (χ0v) is 6.50. The number of rotatable bonds is 0. The van der Waals surface area contributed by atoms with Crippen LogP contribution < -0.4 is 0 Å². The molecular formula is C5H15NS. The SMILES string of the molecule is CCS.CN(C)C. The van der Waals surface area contributed by atoms with E-state index in [-0.39, 0.29) is 0 Å². The van der Waals surface area contributed by atoms with Crippen LogP contribution in [0, 0.1) is 0 Å². The second-order valence-electron chi connectivity index (χ2n) is 1.66. The first-order chi connectivity index (χ1) is 3.15. The molecule has 0 fully saturated rings. The highest BCUT2D eigenvalue weighted by molar-refractivity contribution is 7.80. The molecule has 0 saturated carbocycles. The summed E-state index contributed by atoms with van der Waals surface area (Å²) >= 11 is 3.79. The zero-order valence-electron chi connectivity index (χ0n) is 5.60. The van der Waals surface area contributed by atoms with E-state index in [0.717, 1.165) is 5.75 Å². The van der Waals surface area contributed by atoms with Crippen molar-refractivity contribution in [3.63, 3.8) is 0 Å². The largest absolute Gasteiger partial charge is 0.312 e. The van der Waals surface area contributed by atoms with E-state index in [2.05, 4.69) is 12.6 Å². The van der Waals surface area contributed by atoms with Crippen molar-refractivity contribution >= 4 is 12.6 Å². The minimum absolute atomic E-state index is 0.944. The fourth-order valence-electron chi connectivity index (χ4n) is 0. The lowest BCUT2D eigenvalue weighted by molar-refractivity contribution is 0.505. The molecule has 1 nitrogen and oxygen atoms in total. The van der Waals surface area contributed by atoms with E-state index in [0.29, 0.717) is 0 Å². The summed E-state index contributed by atoms with van der Waals surface area (Å²) < 4.78 is 0. The van der Waals surface area contributed by atoms with Gasteiger partial charge in [0, 0.05) is 0 Å². The first-order valence-corrected chi connectivity index (χ1v) is 3.00. The highest BCUT2D eigenvalue weighted by atomic mass is 32.1. The molecule has 0 saturated heterocycles. The highest BCUT2D eigenvalue weighted by Crippen LogP contribution is 1.58. The quantitative estimate of drug-likeness (QED) is 0.470. The first-order valence-electron chi connectivity index (χ1n) is 2.36. The number of nitrogens with zero attached hydrogens (tertiary/aromatic N) is 1. The van der Waals surface area contributed by atoms with Crippen LogP contribution in [0.1, 0.15) is 6.92 Å². The molecule has 0 aromatic carbocycles. The van der Waals surface area contributed by atoms with Gasteiger partial charge in [-0.3, -0.25) is 0 Å². The van der Waals surface area contributed by atoms with Crippen LogP contribution in [0.25, 0.3) is 0 Å². The molecule has 0 aliphatic heterocycles. The fourth-order valence-corrected chi connectivity index (χ4v) is 0.